The minimum atomic E-state index is -4.71. The van der Waals surface area contributed by atoms with Crippen LogP contribution in [-0.2, 0) is 10.1 Å². The van der Waals surface area contributed by atoms with Crippen molar-refractivity contribution in [2.75, 3.05) is 11.9 Å². The first-order chi connectivity index (χ1) is 18.0. The molecule has 0 unspecified atom stereocenters. The molecular formula is C26H20Cl2N3NaO6S. The van der Waals surface area contributed by atoms with E-state index in [4.69, 9.17) is 27.9 Å². The SMILES string of the molecule is CCOc1cc(Cl)cc(NC(=O)c2cc3ccccc3c(N=Nc3c(Cl)ccc(C)c3S(=O)(=O)O)c2[O-])c1.[Na+]. The number of benzene rings is 4. The molecule has 0 aromatic heterocycles. The van der Waals surface area contributed by atoms with Crippen molar-refractivity contribution in [3.8, 4) is 11.5 Å². The van der Waals surface area contributed by atoms with Crippen LogP contribution >= 0.6 is 23.2 Å². The van der Waals surface area contributed by atoms with Gasteiger partial charge in [0.1, 0.15) is 16.3 Å². The van der Waals surface area contributed by atoms with Gasteiger partial charge in [0.15, 0.2) is 0 Å². The summed E-state index contributed by atoms with van der Waals surface area (Å²) >= 11 is 12.3. The summed E-state index contributed by atoms with van der Waals surface area (Å²) < 4.78 is 39.1. The molecule has 0 fully saturated rings. The molecule has 1 amide bonds. The molecule has 0 saturated heterocycles. The van der Waals surface area contributed by atoms with Crippen molar-refractivity contribution in [1.29, 1.82) is 0 Å². The van der Waals surface area contributed by atoms with Crippen molar-refractivity contribution in [2.24, 2.45) is 10.2 Å². The molecule has 2 N–H and O–H groups in total. The number of anilines is 1. The average Bonchev–Trinajstić information content (AvgIpc) is 2.84. The maximum atomic E-state index is 13.4. The van der Waals surface area contributed by atoms with Gasteiger partial charge in [0.2, 0.25) is 0 Å². The van der Waals surface area contributed by atoms with E-state index in [1.165, 1.54) is 31.2 Å². The molecule has 0 spiro atoms. The molecule has 0 aliphatic carbocycles. The van der Waals surface area contributed by atoms with Gasteiger partial charge >= 0.3 is 29.6 Å². The van der Waals surface area contributed by atoms with Crippen LogP contribution in [0.2, 0.25) is 10.0 Å². The minimum absolute atomic E-state index is 0. The van der Waals surface area contributed by atoms with Gasteiger partial charge in [-0.25, -0.2) is 0 Å². The van der Waals surface area contributed by atoms with E-state index in [0.29, 0.717) is 33.8 Å². The number of carbonyl (C=O) groups is 1. The Bertz CT molecular complexity index is 1710. The third-order valence-corrected chi connectivity index (χ3v) is 7.00. The zero-order valence-electron chi connectivity index (χ0n) is 21.0. The van der Waals surface area contributed by atoms with Gasteiger partial charge in [0, 0.05) is 27.7 Å². The molecule has 0 radical (unpaired) electrons. The second kappa shape index (κ2) is 12.6. The molecule has 0 heterocycles. The van der Waals surface area contributed by atoms with Gasteiger partial charge in [-0.15, -0.1) is 5.11 Å². The van der Waals surface area contributed by atoms with Crippen molar-refractivity contribution in [1.82, 2.24) is 0 Å². The van der Waals surface area contributed by atoms with Gasteiger partial charge in [0.25, 0.3) is 16.0 Å². The molecule has 13 heteroatoms. The van der Waals surface area contributed by atoms with Crippen molar-refractivity contribution >= 4 is 67.1 Å². The average molecular weight is 596 g/mol. The van der Waals surface area contributed by atoms with Crippen LogP contribution in [0.1, 0.15) is 22.8 Å². The fourth-order valence-electron chi connectivity index (χ4n) is 3.83. The predicted octanol–water partition coefficient (Wildman–Crippen LogP) is 3.85. The Morgan fingerprint density at radius 2 is 1.74 bits per heavy atom. The van der Waals surface area contributed by atoms with E-state index in [-0.39, 0.29) is 57.1 Å². The minimum Gasteiger partial charge on any atom is -0.870 e. The smallest absolute Gasteiger partial charge is 0.870 e. The quantitative estimate of drug-likeness (QED) is 0.189. The van der Waals surface area contributed by atoms with Crippen molar-refractivity contribution in [3.63, 3.8) is 0 Å². The molecule has 0 atom stereocenters. The van der Waals surface area contributed by atoms with E-state index in [0.717, 1.165) is 0 Å². The molecule has 196 valence electrons. The fraction of sp³-hybridized carbons (Fsp3) is 0.115. The molecule has 0 bridgehead atoms. The van der Waals surface area contributed by atoms with Gasteiger partial charge in [-0.1, -0.05) is 59.3 Å². The summed E-state index contributed by atoms with van der Waals surface area (Å²) in [5.74, 6) is -1.04. The molecule has 4 rings (SSSR count). The Morgan fingerprint density at radius 1 is 1.05 bits per heavy atom. The van der Waals surface area contributed by atoms with Gasteiger partial charge in [-0.05, 0) is 49.1 Å². The number of carbonyl (C=O) groups excluding carboxylic acids is 1. The summed E-state index contributed by atoms with van der Waals surface area (Å²) in [6.07, 6.45) is 0. The molecule has 0 aliphatic heterocycles. The Hall–Kier alpha value is -2.70. The fourth-order valence-corrected chi connectivity index (χ4v) is 5.17. The second-order valence-corrected chi connectivity index (χ2v) is 10.3. The number of halogens is 2. The first-order valence-corrected chi connectivity index (χ1v) is 13.3. The van der Waals surface area contributed by atoms with Crippen LogP contribution in [0, 0.1) is 6.92 Å². The van der Waals surface area contributed by atoms with Crippen LogP contribution in [0.4, 0.5) is 17.1 Å². The molecule has 0 saturated carbocycles. The van der Waals surface area contributed by atoms with Crippen molar-refractivity contribution in [2.45, 2.75) is 18.7 Å². The largest absolute Gasteiger partial charge is 1.00 e. The van der Waals surface area contributed by atoms with E-state index in [2.05, 4.69) is 15.5 Å². The Labute approximate surface area is 256 Å². The summed E-state index contributed by atoms with van der Waals surface area (Å²) in [4.78, 5) is 12.6. The van der Waals surface area contributed by atoms with Gasteiger partial charge < -0.3 is 15.2 Å². The number of rotatable bonds is 7. The zero-order valence-corrected chi connectivity index (χ0v) is 25.4. The molecular weight excluding hydrogens is 576 g/mol. The molecule has 39 heavy (non-hydrogen) atoms. The Balaban J connectivity index is 0.00000420. The normalized spacial score (nSPS) is 11.4. The van der Waals surface area contributed by atoms with Crippen LogP contribution in [0.3, 0.4) is 0 Å². The molecule has 9 nitrogen and oxygen atoms in total. The number of nitrogens with one attached hydrogen (secondary N) is 1. The zero-order chi connectivity index (χ0) is 27.6. The number of aryl methyl sites for hydroxylation is 1. The van der Waals surface area contributed by atoms with E-state index < -0.39 is 26.7 Å². The van der Waals surface area contributed by atoms with Crippen LogP contribution in [0.15, 0.2) is 75.8 Å². The summed E-state index contributed by atoms with van der Waals surface area (Å²) in [6.45, 7) is 3.64. The van der Waals surface area contributed by atoms with Crippen LogP contribution in [-0.4, -0.2) is 25.5 Å². The number of nitrogens with zero attached hydrogens (tertiary/aromatic N) is 2. The van der Waals surface area contributed by atoms with Crippen molar-refractivity contribution in [3.05, 3.63) is 81.8 Å². The summed E-state index contributed by atoms with van der Waals surface area (Å²) in [5, 5.41) is 25.1. The summed E-state index contributed by atoms with van der Waals surface area (Å²) in [5.41, 5.74) is -0.297. The molecule has 0 aliphatic rings. The monoisotopic (exact) mass is 595 g/mol. The first-order valence-electron chi connectivity index (χ1n) is 11.2. The number of amides is 1. The maximum Gasteiger partial charge on any atom is 1.00 e. The van der Waals surface area contributed by atoms with Gasteiger partial charge in [-0.2, -0.15) is 13.5 Å². The number of hydrogen-bond acceptors (Lipinski definition) is 7. The first kappa shape index (κ1) is 30.8. The molecule has 4 aromatic carbocycles. The van der Waals surface area contributed by atoms with E-state index in [1.54, 1.807) is 43.3 Å². The van der Waals surface area contributed by atoms with Crippen LogP contribution in [0.5, 0.6) is 11.5 Å². The van der Waals surface area contributed by atoms with Gasteiger partial charge in [0.05, 0.1) is 17.3 Å². The number of ether oxygens (including phenoxy) is 1. The predicted molar refractivity (Wildman–Crippen MR) is 144 cm³/mol. The maximum absolute atomic E-state index is 13.4. The number of hydrogen-bond donors (Lipinski definition) is 2. The molecule has 4 aromatic rings. The van der Waals surface area contributed by atoms with E-state index >= 15 is 0 Å². The summed E-state index contributed by atoms with van der Waals surface area (Å²) in [6, 6.07) is 15.5. The third kappa shape index (κ3) is 6.90. The number of fused-ring (bicyclic) bond motifs is 1. The van der Waals surface area contributed by atoms with E-state index in [1.807, 2.05) is 0 Å². The van der Waals surface area contributed by atoms with Crippen LogP contribution < -0.4 is 44.7 Å². The summed E-state index contributed by atoms with van der Waals surface area (Å²) in [7, 11) is -4.71. The topological polar surface area (TPSA) is 140 Å². The second-order valence-electron chi connectivity index (χ2n) is 8.10. The van der Waals surface area contributed by atoms with Gasteiger partial charge in [-0.3, -0.25) is 9.35 Å². The number of azo groups is 1. The van der Waals surface area contributed by atoms with Crippen molar-refractivity contribution < 1.29 is 57.2 Å². The van der Waals surface area contributed by atoms with Crippen LogP contribution in [0.25, 0.3) is 10.8 Å². The Morgan fingerprint density at radius 3 is 2.44 bits per heavy atom. The standard InChI is InChI=1S/C26H21Cl2N3O6S.Na/c1-3-37-18-12-16(27)11-17(13-18)29-26(33)20-10-15-6-4-5-7-19(15)22(24(20)32)30-31-23-21(28)9-8-14(2)25(23)38(34,35)36;/h4-13,32H,3H2,1-2H3,(H,29,33)(H,34,35,36);/q;+1/p-1. The Kier molecular flexibility index (Phi) is 10.0. The third-order valence-electron chi connectivity index (χ3n) is 5.45. The van der Waals surface area contributed by atoms with E-state index in [9.17, 15) is 22.9 Å².